The van der Waals surface area contributed by atoms with Gasteiger partial charge >= 0.3 is 6.09 Å². The molecule has 104 valence electrons. The summed E-state index contributed by atoms with van der Waals surface area (Å²) in [5.74, 6) is 0. The Labute approximate surface area is 109 Å². The van der Waals surface area contributed by atoms with E-state index in [0.717, 1.165) is 38.8 Å². The first-order valence-corrected chi connectivity index (χ1v) is 6.94. The third-order valence-electron chi connectivity index (χ3n) is 4.08. The summed E-state index contributed by atoms with van der Waals surface area (Å²) in [6, 6.07) is 0. The van der Waals surface area contributed by atoms with E-state index < -0.39 is 0 Å². The third-order valence-corrected chi connectivity index (χ3v) is 4.08. The minimum atomic E-state index is -0.295. The highest BCUT2D eigenvalue weighted by atomic mass is 16.6. The zero-order valence-corrected chi connectivity index (χ0v) is 11.2. The van der Waals surface area contributed by atoms with Crippen molar-refractivity contribution in [2.45, 2.75) is 50.2 Å². The highest BCUT2D eigenvalue weighted by Gasteiger charge is 2.32. The van der Waals surface area contributed by atoms with Crippen molar-refractivity contribution in [3.63, 3.8) is 0 Å². The summed E-state index contributed by atoms with van der Waals surface area (Å²) in [5.41, 5.74) is -0.222. The number of rotatable bonds is 4. The molecule has 2 fully saturated rings. The van der Waals surface area contributed by atoms with Crippen LogP contribution in [-0.4, -0.2) is 44.5 Å². The van der Waals surface area contributed by atoms with Crippen molar-refractivity contribution in [2.75, 3.05) is 26.7 Å². The molecule has 2 rings (SSSR count). The molecule has 0 aromatic rings. The van der Waals surface area contributed by atoms with Crippen molar-refractivity contribution in [3.8, 4) is 0 Å². The lowest BCUT2D eigenvalue weighted by atomic mass is 9.92. The molecular formula is C13H24N2O3. The predicted octanol–water partition coefficient (Wildman–Crippen LogP) is 1.42. The van der Waals surface area contributed by atoms with Crippen LogP contribution in [0, 0.1) is 0 Å². The van der Waals surface area contributed by atoms with E-state index in [1.165, 1.54) is 12.8 Å². The topological polar surface area (TPSA) is 59.6 Å². The summed E-state index contributed by atoms with van der Waals surface area (Å²) >= 11 is 0. The number of piperidine rings is 1. The quantitative estimate of drug-likeness (QED) is 0.798. The molecule has 18 heavy (non-hydrogen) atoms. The Morgan fingerprint density at radius 3 is 2.61 bits per heavy atom. The fourth-order valence-electron chi connectivity index (χ4n) is 2.77. The first-order valence-electron chi connectivity index (χ1n) is 6.94. The zero-order chi connectivity index (χ0) is 12.8. The first-order chi connectivity index (χ1) is 8.74. The molecule has 1 amide bonds. The smallest absolute Gasteiger partial charge is 0.407 e. The minimum absolute atomic E-state index is 0.122. The van der Waals surface area contributed by atoms with Crippen molar-refractivity contribution in [1.29, 1.82) is 0 Å². The van der Waals surface area contributed by atoms with Gasteiger partial charge in [-0.2, -0.15) is 0 Å². The Morgan fingerprint density at radius 1 is 1.33 bits per heavy atom. The average Bonchev–Trinajstić information content (AvgIpc) is 2.90. The van der Waals surface area contributed by atoms with Crippen LogP contribution in [0.5, 0.6) is 0 Å². The molecule has 1 aliphatic heterocycles. The van der Waals surface area contributed by atoms with Crippen molar-refractivity contribution in [1.82, 2.24) is 10.6 Å². The molecule has 1 heterocycles. The second-order valence-corrected chi connectivity index (χ2v) is 5.30. The molecule has 1 saturated carbocycles. The zero-order valence-electron chi connectivity index (χ0n) is 11.2. The van der Waals surface area contributed by atoms with Crippen LogP contribution in [0.3, 0.4) is 0 Å². The van der Waals surface area contributed by atoms with Gasteiger partial charge in [0.25, 0.3) is 0 Å². The first kappa shape index (κ1) is 13.6. The van der Waals surface area contributed by atoms with E-state index in [4.69, 9.17) is 9.47 Å². The molecule has 0 unspecified atom stereocenters. The summed E-state index contributed by atoms with van der Waals surface area (Å²) in [6.07, 6.45) is 6.03. The van der Waals surface area contributed by atoms with E-state index >= 15 is 0 Å². The van der Waals surface area contributed by atoms with Gasteiger partial charge in [0.1, 0.15) is 6.10 Å². The second-order valence-electron chi connectivity index (χ2n) is 5.30. The van der Waals surface area contributed by atoms with Gasteiger partial charge in [0, 0.05) is 13.7 Å². The van der Waals surface area contributed by atoms with E-state index in [-0.39, 0.29) is 17.8 Å². The molecule has 5 heteroatoms. The van der Waals surface area contributed by atoms with Gasteiger partial charge < -0.3 is 20.1 Å². The van der Waals surface area contributed by atoms with Crippen LogP contribution >= 0.6 is 0 Å². The Balaban J connectivity index is 1.73. The lowest BCUT2D eigenvalue weighted by molar-refractivity contribution is -0.0329. The molecule has 2 N–H and O–H groups in total. The highest BCUT2D eigenvalue weighted by molar-refractivity contribution is 5.67. The Bertz CT molecular complexity index is 271. The number of methoxy groups -OCH3 is 1. The van der Waals surface area contributed by atoms with E-state index in [9.17, 15) is 4.79 Å². The average molecular weight is 256 g/mol. The van der Waals surface area contributed by atoms with Crippen molar-refractivity contribution >= 4 is 6.09 Å². The van der Waals surface area contributed by atoms with Crippen molar-refractivity contribution in [3.05, 3.63) is 0 Å². The van der Waals surface area contributed by atoms with Gasteiger partial charge in [-0.3, -0.25) is 0 Å². The summed E-state index contributed by atoms with van der Waals surface area (Å²) in [4.78, 5) is 11.7. The Hall–Kier alpha value is -0.810. The van der Waals surface area contributed by atoms with Gasteiger partial charge in [0.05, 0.1) is 5.60 Å². The number of carbonyl (C=O) groups excluding carboxylic acids is 1. The monoisotopic (exact) mass is 256 g/mol. The molecule has 1 saturated heterocycles. The number of amides is 1. The van der Waals surface area contributed by atoms with Crippen LogP contribution in [0.1, 0.15) is 38.5 Å². The van der Waals surface area contributed by atoms with Crippen molar-refractivity contribution < 1.29 is 14.3 Å². The maximum absolute atomic E-state index is 11.7. The number of nitrogens with one attached hydrogen (secondary N) is 2. The van der Waals surface area contributed by atoms with E-state index in [1.807, 2.05) is 0 Å². The van der Waals surface area contributed by atoms with E-state index in [0.29, 0.717) is 6.54 Å². The second kappa shape index (κ2) is 6.38. The van der Waals surface area contributed by atoms with Gasteiger partial charge in [-0.05, 0) is 51.6 Å². The number of ether oxygens (including phenoxy) is 2. The minimum Gasteiger partial charge on any atom is -0.446 e. The van der Waals surface area contributed by atoms with Crippen LogP contribution in [0.15, 0.2) is 0 Å². The molecule has 0 radical (unpaired) electrons. The standard InChI is InChI=1S/C13H24N2O3/c1-17-13(6-8-14-9-7-13)10-15-12(16)18-11-4-2-3-5-11/h11,14H,2-10H2,1H3,(H,15,16). The van der Waals surface area contributed by atoms with Crippen LogP contribution in [-0.2, 0) is 9.47 Å². The molecule has 0 aromatic carbocycles. The molecule has 0 spiro atoms. The molecule has 2 aliphatic rings. The third kappa shape index (κ3) is 3.59. The van der Waals surface area contributed by atoms with Crippen molar-refractivity contribution in [2.24, 2.45) is 0 Å². The van der Waals surface area contributed by atoms with Crippen LogP contribution < -0.4 is 10.6 Å². The lowest BCUT2D eigenvalue weighted by Crippen LogP contribution is -2.51. The maximum atomic E-state index is 11.7. The SMILES string of the molecule is COC1(CNC(=O)OC2CCCC2)CCNCC1. The normalized spacial score (nSPS) is 23.8. The molecular weight excluding hydrogens is 232 g/mol. The van der Waals surface area contributed by atoms with E-state index in [1.54, 1.807) is 7.11 Å². The molecule has 5 nitrogen and oxygen atoms in total. The summed E-state index contributed by atoms with van der Waals surface area (Å²) in [7, 11) is 1.72. The van der Waals surface area contributed by atoms with Crippen LogP contribution in [0.2, 0.25) is 0 Å². The van der Waals surface area contributed by atoms with Gasteiger partial charge in [-0.25, -0.2) is 4.79 Å². The molecule has 1 aliphatic carbocycles. The molecule has 0 aromatic heterocycles. The van der Waals surface area contributed by atoms with Gasteiger partial charge in [0.2, 0.25) is 0 Å². The summed E-state index contributed by atoms with van der Waals surface area (Å²) in [6.45, 7) is 2.41. The van der Waals surface area contributed by atoms with Crippen LogP contribution in [0.4, 0.5) is 4.79 Å². The van der Waals surface area contributed by atoms with Crippen LogP contribution in [0.25, 0.3) is 0 Å². The Morgan fingerprint density at radius 2 is 2.00 bits per heavy atom. The number of alkyl carbamates (subject to hydrolysis) is 1. The molecule has 0 atom stereocenters. The number of hydrogen-bond donors (Lipinski definition) is 2. The number of carbonyl (C=O) groups is 1. The fraction of sp³-hybridized carbons (Fsp3) is 0.923. The summed E-state index contributed by atoms with van der Waals surface area (Å²) < 4.78 is 11.0. The lowest BCUT2D eigenvalue weighted by Gasteiger charge is -2.36. The van der Waals surface area contributed by atoms with Gasteiger partial charge in [0.15, 0.2) is 0 Å². The maximum Gasteiger partial charge on any atom is 0.407 e. The summed E-state index contributed by atoms with van der Waals surface area (Å²) in [5, 5.41) is 6.15. The number of hydrogen-bond acceptors (Lipinski definition) is 4. The van der Waals surface area contributed by atoms with Gasteiger partial charge in [-0.1, -0.05) is 0 Å². The van der Waals surface area contributed by atoms with Gasteiger partial charge in [-0.15, -0.1) is 0 Å². The Kier molecular flexibility index (Phi) is 4.83. The van der Waals surface area contributed by atoms with E-state index in [2.05, 4.69) is 10.6 Å². The fourth-order valence-corrected chi connectivity index (χ4v) is 2.77. The largest absolute Gasteiger partial charge is 0.446 e. The highest BCUT2D eigenvalue weighted by Crippen LogP contribution is 2.22. The predicted molar refractivity (Wildman–Crippen MR) is 68.6 cm³/mol. The molecule has 0 bridgehead atoms.